The minimum absolute atomic E-state index is 0.00779. The summed E-state index contributed by atoms with van der Waals surface area (Å²) in [7, 11) is 3.09. The predicted molar refractivity (Wildman–Crippen MR) is 126 cm³/mol. The highest BCUT2D eigenvalue weighted by Gasteiger charge is 2.23. The average Bonchev–Trinajstić information content (AvgIpc) is 3.33. The predicted octanol–water partition coefficient (Wildman–Crippen LogP) is 4.18. The lowest BCUT2D eigenvalue weighted by Gasteiger charge is -2.27. The third-order valence-corrected chi connectivity index (χ3v) is 5.59. The number of aromatic nitrogens is 2. The molecule has 0 bridgehead atoms. The van der Waals surface area contributed by atoms with Gasteiger partial charge < -0.3 is 23.6 Å². The van der Waals surface area contributed by atoms with Crippen molar-refractivity contribution in [1.82, 2.24) is 15.0 Å². The van der Waals surface area contributed by atoms with Gasteiger partial charge in [-0.05, 0) is 50.6 Å². The van der Waals surface area contributed by atoms with Gasteiger partial charge in [0, 0.05) is 23.2 Å². The topological polar surface area (TPSA) is 130 Å². The van der Waals surface area contributed by atoms with Gasteiger partial charge in [0.25, 0.3) is 11.6 Å². The summed E-state index contributed by atoms with van der Waals surface area (Å²) in [4.78, 5) is 29.6. The van der Waals surface area contributed by atoms with Crippen LogP contribution < -0.4 is 14.2 Å². The lowest BCUT2D eigenvalue weighted by atomic mass is 10.2. The van der Waals surface area contributed by atoms with Crippen molar-refractivity contribution >= 4 is 11.6 Å². The first-order valence-corrected chi connectivity index (χ1v) is 11.0. The smallest absolute Gasteiger partial charge is 0.272 e. The number of carbonyl (C=O) groups excluding carboxylic acids is 1. The Kier molecular flexibility index (Phi) is 8.24. The van der Waals surface area contributed by atoms with Gasteiger partial charge in [-0.25, -0.2) is 0 Å². The highest BCUT2D eigenvalue weighted by Crippen LogP contribution is 2.31. The zero-order valence-corrected chi connectivity index (χ0v) is 20.3. The van der Waals surface area contributed by atoms with Crippen molar-refractivity contribution in [1.29, 1.82) is 0 Å². The van der Waals surface area contributed by atoms with E-state index in [1.165, 1.54) is 18.2 Å². The minimum Gasteiger partial charge on any atom is -0.493 e. The molecule has 0 saturated heterocycles. The van der Waals surface area contributed by atoms with Crippen LogP contribution in [0.3, 0.4) is 0 Å². The van der Waals surface area contributed by atoms with Gasteiger partial charge in [0.2, 0.25) is 11.7 Å². The molecule has 0 unspecified atom stereocenters. The molecule has 1 heterocycles. The normalized spacial score (nSPS) is 11.6. The Bertz CT molecular complexity index is 1190. The molecule has 2 aromatic carbocycles. The summed E-state index contributed by atoms with van der Waals surface area (Å²) in [5.41, 5.74) is 1.12. The van der Waals surface area contributed by atoms with Crippen LogP contribution in [0.15, 0.2) is 40.9 Å². The molecule has 3 aromatic rings. The highest BCUT2D eigenvalue weighted by atomic mass is 16.6. The van der Waals surface area contributed by atoms with Gasteiger partial charge >= 0.3 is 0 Å². The molecule has 11 heteroatoms. The summed E-state index contributed by atoms with van der Waals surface area (Å²) in [6, 6.07) is 9.53. The van der Waals surface area contributed by atoms with Gasteiger partial charge in [0.05, 0.1) is 19.1 Å². The second kappa shape index (κ2) is 11.3. The van der Waals surface area contributed by atoms with Crippen molar-refractivity contribution in [3.63, 3.8) is 0 Å². The van der Waals surface area contributed by atoms with E-state index in [2.05, 4.69) is 10.1 Å². The van der Waals surface area contributed by atoms with Crippen molar-refractivity contribution in [3.05, 3.63) is 58.0 Å². The quantitative estimate of drug-likeness (QED) is 0.290. The lowest BCUT2D eigenvalue weighted by molar-refractivity contribution is -0.385. The number of amides is 1. The molecule has 1 amide bonds. The molecule has 0 radical (unpaired) electrons. The van der Waals surface area contributed by atoms with E-state index in [-0.39, 0.29) is 36.7 Å². The monoisotopic (exact) mass is 484 g/mol. The van der Waals surface area contributed by atoms with Crippen molar-refractivity contribution in [2.75, 3.05) is 20.8 Å². The molecule has 0 saturated carbocycles. The molecule has 0 fully saturated rings. The highest BCUT2D eigenvalue weighted by molar-refractivity contribution is 5.78. The van der Waals surface area contributed by atoms with E-state index in [9.17, 15) is 14.9 Å². The van der Waals surface area contributed by atoms with Gasteiger partial charge in [-0.2, -0.15) is 4.98 Å². The third-order valence-electron chi connectivity index (χ3n) is 5.59. The SMILES string of the molecule is CC[C@@H](C)N(Cc1nc(-c2ccc(OC)c(OC)c2)no1)C(=O)COc1ccc([N+](=O)[O-])c(C)c1. The van der Waals surface area contributed by atoms with Crippen LogP contribution in [0.1, 0.15) is 31.7 Å². The molecule has 0 aliphatic rings. The molecule has 0 spiro atoms. The maximum Gasteiger partial charge on any atom is 0.272 e. The number of nitro benzene ring substituents is 1. The standard InChI is InChI=1S/C24H28N4O7/c1-6-16(3)27(23(29)14-34-18-8-9-19(28(30)31)15(2)11-18)13-22-25-24(26-35-22)17-7-10-20(32-4)21(12-17)33-5/h7-12,16H,6,13-14H2,1-5H3/t16-/m1/s1. The number of rotatable bonds is 11. The van der Waals surface area contributed by atoms with E-state index in [1.54, 1.807) is 44.2 Å². The number of nitro groups is 1. The second-order valence-corrected chi connectivity index (χ2v) is 7.85. The Morgan fingerprint density at radius 1 is 1.17 bits per heavy atom. The van der Waals surface area contributed by atoms with Crippen LogP contribution in [0, 0.1) is 17.0 Å². The molecule has 3 rings (SSSR count). The van der Waals surface area contributed by atoms with Crippen molar-refractivity contribution in [3.8, 4) is 28.6 Å². The van der Waals surface area contributed by atoms with Crippen LogP contribution >= 0.6 is 0 Å². The van der Waals surface area contributed by atoms with E-state index in [0.29, 0.717) is 40.6 Å². The summed E-state index contributed by atoms with van der Waals surface area (Å²) in [6.07, 6.45) is 0.707. The van der Waals surface area contributed by atoms with Crippen LogP contribution in [-0.2, 0) is 11.3 Å². The van der Waals surface area contributed by atoms with Crippen molar-refractivity contribution < 1.29 is 28.5 Å². The van der Waals surface area contributed by atoms with E-state index in [1.807, 2.05) is 13.8 Å². The summed E-state index contributed by atoms with van der Waals surface area (Å²) in [6.45, 7) is 5.37. The number of benzene rings is 2. The number of ether oxygens (including phenoxy) is 3. The molecular formula is C24H28N4O7. The molecule has 0 aliphatic heterocycles. The molecule has 0 aliphatic carbocycles. The molecule has 0 N–H and O–H groups in total. The molecule has 35 heavy (non-hydrogen) atoms. The third kappa shape index (κ3) is 6.05. The van der Waals surface area contributed by atoms with Crippen molar-refractivity contribution in [2.45, 2.75) is 39.8 Å². The number of nitrogens with zero attached hydrogens (tertiary/aromatic N) is 4. The summed E-state index contributed by atoms with van der Waals surface area (Å²) in [5.74, 6) is 1.84. The number of methoxy groups -OCH3 is 2. The van der Waals surface area contributed by atoms with E-state index in [0.717, 1.165) is 0 Å². The Morgan fingerprint density at radius 2 is 1.91 bits per heavy atom. The van der Waals surface area contributed by atoms with Gasteiger partial charge in [-0.3, -0.25) is 14.9 Å². The fraction of sp³-hybridized carbons (Fsp3) is 0.375. The maximum atomic E-state index is 13.0. The maximum absolute atomic E-state index is 13.0. The molecule has 186 valence electrons. The molecule has 11 nitrogen and oxygen atoms in total. The van der Waals surface area contributed by atoms with Gasteiger partial charge in [-0.1, -0.05) is 12.1 Å². The van der Waals surface area contributed by atoms with Crippen molar-refractivity contribution in [2.24, 2.45) is 0 Å². The van der Waals surface area contributed by atoms with Gasteiger partial charge in [-0.15, -0.1) is 0 Å². The Hall–Kier alpha value is -4.15. The largest absolute Gasteiger partial charge is 0.493 e. The zero-order valence-electron chi connectivity index (χ0n) is 20.3. The molecule has 1 atom stereocenters. The number of hydrogen-bond acceptors (Lipinski definition) is 9. The van der Waals surface area contributed by atoms with Crippen LogP contribution in [0.2, 0.25) is 0 Å². The first-order valence-electron chi connectivity index (χ1n) is 11.0. The average molecular weight is 485 g/mol. The summed E-state index contributed by atoms with van der Waals surface area (Å²) >= 11 is 0. The van der Waals surface area contributed by atoms with Gasteiger partial charge in [0.15, 0.2) is 18.1 Å². The lowest BCUT2D eigenvalue weighted by Crippen LogP contribution is -2.40. The first kappa shape index (κ1) is 25.5. The van der Waals surface area contributed by atoms with Gasteiger partial charge in [0.1, 0.15) is 12.3 Å². The van der Waals surface area contributed by atoms with Crippen LogP contribution in [0.4, 0.5) is 5.69 Å². The van der Waals surface area contributed by atoms with Crippen LogP contribution in [0.5, 0.6) is 17.2 Å². The zero-order chi connectivity index (χ0) is 25.5. The van der Waals surface area contributed by atoms with E-state index >= 15 is 0 Å². The number of carbonyl (C=O) groups is 1. The first-order chi connectivity index (χ1) is 16.8. The van der Waals surface area contributed by atoms with E-state index < -0.39 is 4.92 Å². The molecule has 1 aromatic heterocycles. The molecular weight excluding hydrogens is 456 g/mol. The van der Waals surface area contributed by atoms with Crippen LogP contribution in [0.25, 0.3) is 11.4 Å². The fourth-order valence-corrected chi connectivity index (χ4v) is 3.42. The number of hydrogen-bond donors (Lipinski definition) is 0. The fourth-order valence-electron chi connectivity index (χ4n) is 3.42. The van der Waals surface area contributed by atoms with Crippen LogP contribution in [-0.4, -0.2) is 52.7 Å². The number of aryl methyl sites for hydroxylation is 1. The van der Waals surface area contributed by atoms with E-state index in [4.69, 9.17) is 18.7 Å². The summed E-state index contributed by atoms with van der Waals surface area (Å²) in [5, 5.41) is 15.0. The Labute approximate surface area is 202 Å². The Morgan fingerprint density at radius 3 is 2.54 bits per heavy atom. The minimum atomic E-state index is -0.463. The second-order valence-electron chi connectivity index (χ2n) is 7.85. The Balaban J connectivity index is 1.72. The summed E-state index contributed by atoms with van der Waals surface area (Å²) < 4.78 is 21.6.